The van der Waals surface area contributed by atoms with E-state index in [1.807, 2.05) is 44.2 Å². The van der Waals surface area contributed by atoms with Gasteiger partial charge >= 0.3 is 0 Å². The van der Waals surface area contributed by atoms with Crippen molar-refractivity contribution in [2.45, 2.75) is 31.6 Å². The van der Waals surface area contributed by atoms with Crippen molar-refractivity contribution in [3.05, 3.63) is 89.7 Å². The molecule has 39 heavy (non-hydrogen) atoms. The first kappa shape index (κ1) is 26.6. The second-order valence-electron chi connectivity index (χ2n) is 10.0. The number of rotatable bonds is 8. The van der Waals surface area contributed by atoms with Gasteiger partial charge in [0.05, 0.1) is 17.1 Å². The number of furan rings is 1. The maximum Gasteiger partial charge on any atom is 0.293 e. The molecule has 8 nitrogen and oxygen atoms in total. The average Bonchev–Trinajstić information content (AvgIpc) is 3.30. The molecule has 0 radical (unpaired) electrons. The lowest BCUT2D eigenvalue weighted by atomic mass is 10.0. The molecule has 0 saturated carbocycles. The van der Waals surface area contributed by atoms with Crippen molar-refractivity contribution in [3.63, 3.8) is 0 Å². The number of para-hydroxylation sites is 1. The van der Waals surface area contributed by atoms with E-state index in [1.165, 1.54) is 16.4 Å². The molecular formula is C30H31N3O5S. The number of fused-ring (bicyclic) bond motifs is 1. The Morgan fingerprint density at radius 3 is 2.62 bits per heavy atom. The fourth-order valence-corrected chi connectivity index (χ4v) is 6.55. The van der Waals surface area contributed by atoms with E-state index in [2.05, 4.69) is 10.6 Å². The van der Waals surface area contributed by atoms with E-state index in [4.69, 9.17) is 4.42 Å². The largest absolute Gasteiger partial charge is 0.449 e. The van der Waals surface area contributed by atoms with Crippen LogP contribution in [0, 0.1) is 12.8 Å². The van der Waals surface area contributed by atoms with Crippen LogP contribution in [0.3, 0.4) is 0 Å². The van der Waals surface area contributed by atoms with Crippen molar-refractivity contribution < 1.29 is 22.4 Å². The van der Waals surface area contributed by atoms with Crippen LogP contribution in [0.2, 0.25) is 0 Å². The van der Waals surface area contributed by atoms with Crippen LogP contribution < -0.4 is 10.6 Å². The standard InChI is InChI=1S/C30H31N3O5S/c1-20-8-5-11-23(16-20)32-30(35)29-28(25-13-3-4-14-27(25)38-29)31-18-26(34)22-10-6-12-24(17-22)39(36,37)33-15-7-9-21(2)19-33/h3-6,8,10-14,16-17,21,31H,7,9,15,18-19H2,1-2H3,(H,32,35). The summed E-state index contributed by atoms with van der Waals surface area (Å²) in [5.41, 5.74) is 2.80. The predicted octanol–water partition coefficient (Wildman–Crippen LogP) is 5.71. The van der Waals surface area contributed by atoms with Crippen molar-refractivity contribution >= 4 is 44.1 Å². The van der Waals surface area contributed by atoms with E-state index in [1.54, 1.807) is 30.3 Å². The van der Waals surface area contributed by atoms with E-state index >= 15 is 0 Å². The molecule has 2 heterocycles. The van der Waals surface area contributed by atoms with Gasteiger partial charge in [-0.2, -0.15) is 4.31 Å². The van der Waals surface area contributed by atoms with E-state index < -0.39 is 15.9 Å². The molecule has 1 atom stereocenters. The summed E-state index contributed by atoms with van der Waals surface area (Å²) in [6, 6.07) is 20.7. The van der Waals surface area contributed by atoms with Crippen LogP contribution in [0.15, 0.2) is 82.1 Å². The lowest BCUT2D eigenvalue weighted by Crippen LogP contribution is -2.39. The first-order valence-electron chi connectivity index (χ1n) is 13.0. The van der Waals surface area contributed by atoms with E-state index in [0.717, 1.165) is 18.4 Å². The molecule has 1 aliphatic rings. The maximum atomic E-state index is 13.2. The Morgan fingerprint density at radius 1 is 1.03 bits per heavy atom. The fraction of sp³-hybridized carbons (Fsp3) is 0.267. The van der Waals surface area contributed by atoms with Gasteiger partial charge in [-0.05, 0) is 67.6 Å². The molecule has 1 fully saturated rings. The number of aryl methyl sites for hydroxylation is 1. The van der Waals surface area contributed by atoms with Crippen LogP contribution in [0.1, 0.15) is 46.2 Å². The molecular weight excluding hydrogens is 514 g/mol. The van der Waals surface area contributed by atoms with Gasteiger partial charge in [-0.3, -0.25) is 9.59 Å². The summed E-state index contributed by atoms with van der Waals surface area (Å²) in [6.07, 6.45) is 1.82. The highest BCUT2D eigenvalue weighted by atomic mass is 32.2. The number of piperidine rings is 1. The second kappa shape index (κ2) is 11.0. The van der Waals surface area contributed by atoms with Gasteiger partial charge in [-0.1, -0.05) is 43.3 Å². The van der Waals surface area contributed by atoms with Crippen molar-refractivity contribution in [1.82, 2.24) is 4.31 Å². The van der Waals surface area contributed by atoms with Crippen molar-refractivity contribution in [2.75, 3.05) is 30.3 Å². The van der Waals surface area contributed by atoms with Crippen molar-refractivity contribution in [3.8, 4) is 0 Å². The lowest BCUT2D eigenvalue weighted by molar-refractivity contribution is 0.0990. The molecule has 1 amide bonds. The van der Waals surface area contributed by atoms with Gasteiger partial charge in [0, 0.05) is 29.7 Å². The number of nitrogens with one attached hydrogen (secondary N) is 2. The molecule has 0 spiro atoms. The zero-order chi connectivity index (χ0) is 27.6. The molecule has 5 rings (SSSR count). The Hall–Kier alpha value is -3.95. The zero-order valence-electron chi connectivity index (χ0n) is 21.9. The SMILES string of the molecule is Cc1cccc(NC(=O)c2oc3ccccc3c2NCC(=O)c2cccc(S(=O)(=O)N3CCCC(C)C3)c2)c1. The van der Waals surface area contributed by atoms with E-state index in [-0.39, 0.29) is 28.5 Å². The van der Waals surface area contributed by atoms with Crippen LogP contribution in [-0.2, 0) is 10.0 Å². The van der Waals surface area contributed by atoms with E-state index in [9.17, 15) is 18.0 Å². The normalized spacial score (nSPS) is 16.2. The second-order valence-corrected chi connectivity index (χ2v) is 12.0. The van der Waals surface area contributed by atoms with E-state index in [0.29, 0.717) is 41.4 Å². The monoisotopic (exact) mass is 545 g/mol. The molecule has 202 valence electrons. The van der Waals surface area contributed by atoms with Crippen molar-refractivity contribution in [2.24, 2.45) is 5.92 Å². The number of hydrogen-bond acceptors (Lipinski definition) is 6. The molecule has 0 bridgehead atoms. The van der Waals surface area contributed by atoms with Gasteiger partial charge in [-0.15, -0.1) is 0 Å². The van der Waals surface area contributed by atoms with Crippen LogP contribution in [-0.4, -0.2) is 44.0 Å². The summed E-state index contributed by atoms with van der Waals surface area (Å²) in [4.78, 5) is 26.5. The first-order chi connectivity index (χ1) is 18.7. The Labute approximate surface area is 228 Å². The number of carbonyl (C=O) groups is 2. The number of sulfonamides is 1. The highest BCUT2D eigenvalue weighted by molar-refractivity contribution is 7.89. The number of nitrogens with zero attached hydrogens (tertiary/aromatic N) is 1. The summed E-state index contributed by atoms with van der Waals surface area (Å²) in [7, 11) is -3.70. The van der Waals surface area contributed by atoms with Gasteiger partial charge in [0.15, 0.2) is 5.78 Å². The summed E-state index contributed by atoms with van der Waals surface area (Å²) in [5, 5.41) is 6.59. The lowest BCUT2D eigenvalue weighted by Gasteiger charge is -2.30. The molecule has 0 aliphatic carbocycles. The summed E-state index contributed by atoms with van der Waals surface area (Å²) in [5.74, 6) is -0.407. The molecule has 9 heteroatoms. The molecule has 1 saturated heterocycles. The number of benzene rings is 3. The third-order valence-corrected chi connectivity index (χ3v) is 8.78. The summed E-state index contributed by atoms with van der Waals surface area (Å²) >= 11 is 0. The number of hydrogen-bond donors (Lipinski definition) is 2. The summed E-state index contributed by atoms with van der Waals surface area (Å²) < 4.78 is 33.8. The highest BCUT2D eigenvalue weighted by Crippen LogP contribution is 2.32. The average molecular weight is 546 g/mol. The number of Topliss-reactive ketones (excluding diaryl/α,β-unsaturated/α-hetero) is 1. The predicted molar refractivity (Wildman–Crippen MR) is 152 cm³/mol. The molecule has 4 aromatic rings. The number of ketones is 1. The topological polar surface area (TPSA) is 109 Å². The van der Waals surface area contributed by atoms with Gasteiger partial charge < -0.3 is 15.1 Å². The highest BCUT2D eigenvalue weighted by Gasteiger charge is 2.29. The van der Waals surface area contributed by atoms with Crippen molar-refractivity contribution in [1.29, 1.82) is 0 Å². The molecule has 2 N–H and O–H groups in total. The van der Waals surface area contributed by atoms with Gasteiger partial charge in [0.2, 0.25) is 15.8 Å². The van der Waals surface area contributed by atoms with Gasteiger partial charge in [0.25, 0.3) is 5.91 Å². The maximum absolute atomic E-state index is 13.2. The molecule has 1 aromatic heterocycles. The Kier molecular flexibility index (Phi) is 7.54. The number of carbonyl (C=O) groups excluding carboxylic acids is 2. The first-order valence-corrected chi connectivity index (χ1v) is 14.4. The molecule has 1 aliphatic heterocycles. The number of anilines is 2. The quantitative estimate of drug-likeness (QED) is 0.275. The van der Waals surface area contributed by atoms with Crippen LogP contribution in [0.4, 0.5) is 11.4 Å². The fourth-order valence-electron chi connectivity index (χ4n) is 4.91. The van der Waals surface area contributed by atoms with Crippen LogP contribution in [0.5, 0.6) is 0 Å². The Bertz CT molecular complexity index is 1640. The minimum atomic E-state index is -3.70. The minimum absolute atomic E-state index is 0.0565. The number of amides is 1. The van der Waals surface area contributed by atoms with Gasteiger partial charge in [0.1, 0.15) is 5.58 Å². The molecule has 3 aromatic carbocycles. The van der Waals surface area contributed by atoms with Crippen LogP contribution >= 0.6 is 0 Å². The summed E-state index contributed by atoms with van der Waals surface area (Å²) in [6.45, 7) is 4.78. The van der Waals surface area contributed by atoms with Gasteiger partial charge in [-0.25, -0.2) is 8.42 Å². The smallest absolute Gasteiger partial charge is 0.293 e. The third-order valence-electron chi connectivity index (χ3n) is 6.92. The minimum Gasteiger partial charge on any atom is -0.449 e. The Morgan fingerprint density at radius 2 is 1.82 bits per heavy atom. The van der Waals surface area contributed by atoms with Crippen LogP contribution in [0.25, 0.3) is 11.0 Å². The zero-order valence-corrected chi connectivity index (χ0v) is 22.8. The Balaban J connectivity index is 1.36. The third kappa shape index (κ3) is 5.74. The molecule has 1 unspecified atom stereocenters.